The van der Waals surface area contributed by atoms with Gasteiger partial charge in [-0.05, 0) is 6.92 Å². The molecule has 2 rings (SSSR count). The molecule has 1 amide bonds. The monoisotopic (exact) mass is 277 g/mol. The summed E-state index contributed by atoms with van der Waals surface area (Å²) in [4.78, 5) is 27.8. The van der Waals surface area contributed by atoms with Gasteiger partial charge >= 0.3 is 0 Å². The average Bonchev–Trinajstić information content (AvgIpc) is 3.00. The Hall–Kier alpha value is -2.78. The molecular weight excluding hydrogens is 262 g/mol. The molecule has 0 radical (unpaired) electrons. The molecule has 0 spiro atoms. The van der Waals surface area contributed by atoms with Gasteiger partial charge in [-0.1, -0.05) is 0 Å². The molecule has 0 aliphatic rings. The maximum absolute atomic E-state index is 11.5. The van der Waals surface area contributed by atoms with Crippen LogP contribution in [0.2, 0.25) is 0 Å². The second kappa shape index (κ2) is 5.91. The number of nitrogens with zero attached hydrogens (tertiary/aromatic N) is 6. The largest absolute Gasteiger partial charge is 0.357 e. The van der Waals surface area contributed by atoms with Gasteiger partial charge in [-0.3, -0.25) is 4.79 Å². The number of aromatic nitrogens is 6. The van der Waals surface area contributed by atoms with Crippen molar-refractivity contribution in [1.82, 2.24) is 35.0 Å². The molecule has 10 nitrogen and oxygen atoms in total. The zero-order valence-corrected chi connectivity index (χ0v) is 11.3. The first-order valence-electron chi connectivity index (χ1n) is 5.91. The topological polar surface area (TPSA) is 123 Å². The number of carbonyl (C=O) groups is 1. The summed E-state index contributed by atoms with van der Waals surface area (Å²) in [6, 6.07) is -0.476. The Balaban J connectivity index is 2.29. The van der Waals surface area contributed by atoms with Crippen LogP contribution in [0.4, 0.5) is 11.9 Å². The third-order valence-corrected chi connectivity index (χ3v) is 2.46. The lowest BCUT2D eigenvalue weighted by molar-refractivity contribution is -0.121. The molecule has 0 bridgehead atoms. The molecule has 2 heterocycles. The van der Waals surface area contributed by atoms with Gasteiger partial charge in [0.2, 0.25) is 17.8 Å². The molecule has 0 saturated carbocycles. The predicted molar refractivity (Wildman–Crippen MR) is 71.4 cm³/mol. The van der Waals surface area contributed by atoms with E-state index in [-0.39, 0.29) is 11.9 Å². The van der Waals surface area contributed by atoms with Gasteiger partial charge in [0, 0.05) is 14.1 Å². The maximum atomic E-state index is 11.5. The highest BCUT2D eigenvalue weighted by atomic mass is 16.2. The van der Waals surface area contributed by atoms with Crippen molar-refractivity contribution in [3.8, 4) is 5.95 Å². The maximum Gasteiger partial charge on any atom is 0.258 e. The summed E-state index contributed by atoms with van der Waals surface area (Å²) < 4.78 is 1.40. The minimum atomic E-state index is -0.476. The van der Waals surface area contributed by atoms with Crippen LogP contribution in [0.15, 0.2) is 12.7 Å². The molecule has 0 aliphatic heterocycles. The van der Waals surface area contributed by atoms with Crippen molar-refractivity contribution < 1.29 is 4.79 Å². The van der Waals surface area contributed by atoms with E-state index in [1.54, 1.807) is 21.0 Å². The van der Waals surface area contributed by atoms with E-state index in [0.717, 1.165) is 0 Å². The Bertz CT molecular complexity index is 582. The van der Waals surface area contributed by atoms with Crippen molar-refractivity contribution in [3.05, 3.63) is 12.7 Å². The van der Waals surface area contributed by atoms with Crippen molar-refractivity contribution in [2.24, 2.45) is 0 Å². The number of hydrogen-bond donors (Lipinski definition) is 3. The smallest absolute Gasteiger partial charge is 0.258 e. The van der Waals surface area contributed by atoms with E-state index in [4.69, 9.17) is 0 Å². The summed E-state index contributed by atoms with van der Waals surface area (Å²) >= 11 is 0. The number of likely N-dealkylation sites (N-methyl/N-ethyl adjacent to an activating group) is 1. The first-order valence-corrected chi connectivity index (χ1v) is 5.91. The molecule has 3 N–H and O–H groups in total. The average molecular weight is 277 g/mol. The molecule has 0 saturated heterocycles. The van der Waals surface area contributed by atoms with E-state index in [9.17, 15) is 4.79 Å². The summed E-state index contributed by atoms with van der Waals surface area (Å²) in [6.07, 6.45) is 2.85. The van der Waals surface area contributed by atoms with Gasteiger partial charge in [0.1, 0.15) is 18.7 Å². The summed E-state index contributed by atoms with van der Waals surface area (Å²) in [6.45, 7) is 1.71. The normalized spacial score (nSPS) is 11.8. The summed E-state index contributed by atoms with van der Waals surface area (Å²) in [5.74, 6) is 0.759. The van der Waals surface area contributed by atoms with E-state index < -0.39 is 6.04 Å². The van der Waals surface area contributed by atoms with E-state index in [0.29, 0.717) is 11.9 Å². The van der Waals surface area contributed by atoms with Gasteiger partial charge in [-0.25, -0.2) is 4.98 Å². The minimum Gasteiger partial charge on any atom is -0.357 e. The van der Waals surface area contributed by atoms with E-state index >= 15 is 0 Å². The van der Waals surface area contributed by atoms with Gasteiger partial charge in [0.25, 0.3) is 5.95 Å². The molecule has 0 fully saturated rings. The molecule has 10 heteroatoms. The van der Waals surface area contributed by atoms with Crippen molar-refractivity contribution in [3.63, 3.8) is 0 Å². The predicted octanol–water partition coefficient (Wildman–Crippen LogP) is -0.960. The third-order valence-electron chi connectivity index (χ3n) is 2.46. The molecule has 1 atom stereocenters. The number of nitrogens with one attached hydrogen (secondary N) is 3. The number of carbonyl (C=O) groups excluding carboxylic acids is 1. The second-order valence-corrected chi connectivity index (χ2v) is 3.85. The van der Waals surface area contributed by atoms with Crippen LogP contribution < -0.4 is 16.0 Å². The fourth-order valence-corrected chi connectivity index (χ4v) is 1.43. The standard InChI is InChI=1S/C10H15N9O/c1-6(7(20)11-2)15-9-16-8(12-3)17-10(18-9)19-5-13-4-14-19/h4-6H,1-3H3,(H,11,20)(H2,12,15,16,17,18). The van der Waals surface area contributed by atoms with Gasteiger partial charge < -0.3 is 16.0 Å². The minimum absolute atomic E-state index is 0.168. The number of rotatable bonds is 5. The van der Waals surface area contributed by atoms with Crippen molar-refractivity contribution in [2.45, 2.75) is 13.0 Å². The fraction of sp³-hybridized carbons (Fsp3) is 0.400. The lowest BCUT2D eigenvalue weighted by Crippen LogP contribution is -2.35. The molecule has 2 aromatic rings. The number of anilines is 2. The molecule has 20 heavy (non-hydrogen) atoms. The highest BCUT2D eigenvalue weighted by molar-refractivity contribution is 5.83. The molecule has 0 aliphatic carbocycles. The van der Waals surface area contributed by atoms with Gasteiger partial charge in [0.05, 0.1) is 0 Å². The van der Waals surface area contributed by atoms with Crippen LogP contribution in [0.25, 0.3) is 5.95 Å². The Kier molecular flexibility index (Phi) is 4.03. The van der Waals surface area contributed by atoms with Crippen LogP contribution in [0.3, 0.4) is 0 Å². The van der Waals surface area contributed by atoms with Crippen LogP contribution in [0.1, 0.15) is 6.92 Å². The summed E-state index contributed by atoms with van der Waals surface area (Å²) in [7, 11) is 3.25. The first-order chi connectivity index (χ1) is 9.63. The SMILES string of the molecule is CNC(=O)C(C)Nc1nc(NC)nc(-n2cncn2)n1. The Morgan fingerprint density at radius 2 is 2.00 bits per heavy atom. The van der Waals surface area contributed by atoms with E-state index in [2.05, 4.69) is 41.0 Å². The van der Waals surface area contributed by atoms with Crippen molar-refractivity contribution in [2.75, 3.05) is 24.7 Å². The van der Waals surface area contributed by atoms with Crippen LogP contribution >= 0.6 is 0 Å². The zero-order chi connectivity index (χ0) is 14.5. The van der Waals surface area contributed by atoms with Gasteiger partial charge in [-0.2, -0.15) is 24.7 Å². The highest BCUT2D eigenvalue weighted by Gasteiger charge is 2.14. The Labute approximate surface area is 115 Å². The van der Waals surface area contributed by atoms with E-state index in [1.165, 1.54) is 17.3 Å². The highest BCUT2D eigenvalue weighted by Crippen LogP contribution is 2.08. The van der Waals surface area contributed by atoms with Crippen LogP contribution in [0, 0.1) is 0 Å². The quantitative estimate of drug-likeness (QED) is 0.638. The van der Waals surface area contributed by atoms with Gasteiger partial charge in [-0.15, -0.1) is 0 Å². The van der Waals surface area contributed by atoms with E-state index in [1.807, 2.05) is 0 Å². The zero-order valence-electron chi connectivity index (χ0n) is 11.3. The lowest BCUT2D eigenvalue weighted by Gasteiger charge is -2.13. The van der Waals surface area contributed by atoms with Crippen molar-refractivity contribution in [1.29, 1.82) is 0 Å². The molecule has 106 valence electrons. The molecular formula is C10H15N9O. The summed E-state index contributed by atoms with van der Waals surface area (Å²) in [5, 5.41) is 12.2. The lowest BCUT2D eigenvalue weighted by atomic mass is 10.3. The van der Waals surface area contributed by atoms with Crippen LogP contribution in [-0.2, 0) is 4.79 Å². The molecule has 2 aromatic heterocycles. The molecule has 0 aromatic carbocycles. The second-order valence-electron chi connectivity index (χ2n) is 3.85. The third kappa shape index (κ3) is 2.96. The fourth-order valence-electron chi connectivity index (χ4n) is 1.43. The van der Waals surface area contributed by atoms with Gasteiger partial charge in [0.15, 0.2) is 0 Å². The van der Waals surface area contributed by atoms with Crippen LogP contribution in [0.5, 0.6) is 0 Å². The Morgan fingerprint density at radius 1 is 1.25 bits per heavy atom. The van der Waals surface area contributed by atoms with Crippen molar-refractivity contribution >= 4 is 17.8 Å². The number of hydrogen-bond acceptors (Lipinski definition) is 8. The first kappa shape index (κ1) is 13.6. The number of amides is 1. The molecule has 1 unspecified atom stereocenters. The Morgan fingerprint density at radius 3 is 2.60 bits per heavy atom. The summed E-state index contributed by atoms with van der Waals surface area (Å²) in [5.41, 5.74) is 0. The van der Waals surface area contributed by atoms with Crippen LogP contribution in [-0.4, -0.2) is 55.8 Å².